The van der Waals surface area contributed by atoms with E-state index in [2.05, 4.69) is 21.3 Å². The topological polar surface area (TPSA) is 99.3 Å². The number of benzene rings is 1. The third-order valence-electron chi connectivity index (χ3n) is 3.62. The van der Waals surface area contributed by atoms with Gasteiger partial charge in [0.25, 0.3) is 0 Å². The Hall–Kier alpha value is -2.06. The van der Waals surface area contributed by atoms with E-state index < -0.39 is 0 Å². The van der Waals surface area contributed by atoms with E-state index in [9.17, 15) is 14.4 Å². The highest BCUT2D eigenvalue weighted by atomic mass is 32.2. The molecule has 2 atom stereocenters. The molecule has 1 fully saturated rings. The average molecular weight is 350 g/mol. The summed E-state index contributed by atoms with van der Waals surface area (Å²) in [6.45, 7) is 1.93. The predicted octanol–water partition coefficient (Wildman–Crippen LogP) is 0.565. The Labute approximate surface area is 145 Å². The lowest BCUT2D eigenvalue weighted by Gasteiger charge is -2.30. The summed E-state index contributed by atoms with van der Waals surface area (Å²) in [4.78, 5) is 35.2. The largest absolute Gasteiger partial charge is 0.359 e. The Balaban J connectivity index is 1.82. The number of rotatable bonds is 6. The van der Waals surface area contributed by atoms with Gasteiger partial charge in [0.1, 0.15) is 5.50 Å². The van der Waals surface area contributed by atoms with E-state index in [1.807, 2.05) is 31.2 Å². The molecule has 1 aliphatic heterocycles. The number of amides is 3. The molecule has 0 radical (unpaired) electrons. The minimum Gasteiger partial charge on any atom is -0.359 e. The average Bonchev–Trinajstić information content (AvgIpc) is 2.54. The predicted molar refractivity (Wildman–Crippen MR) is 94.4 cm³/mol. The third-order valence-corrected chi connectivity index (χ3v) is 4.64. The first-order valence-corrected chi connectivity index (χ1v) is 8.76. The second kappa shape index (κ2) is 8.70. The van der Waals surface area contributed by atoms with Crippen molar-refractivity contribution in [1.82, 2.24) is 16.0 Å². The van der Waals surface area contributed by atoms with Gasteiger partial charge >= 0.3 is 0 Å². The number of thioether (sulfide) groups is 1. The highest BCUT2D eigenvalue weighted by Crippen LogP contribution is 2.16. The molecular formula is C16H22N4O3S. The molecule has 0 spiro atoms. The number of carbonyl (C=O) groups is 3. The molecule has 2 rings (SSSR count). The third kappa shape index (κ3) is 5.54. The molecule has 0 bridgehead atoms. The van der Waals surface area contributed by atoms with E-state index in [0.717, 1.165) is 11.3 Å². The maximum absolute atomic E-state index is 12.1. The lowest BCUT2D eigenvalue weighted by atomic mass is 10.1. The van der Waals surface area contributed by atoms with Gasteiger partial charge in [-0.1, -0.05) is 18.2 Å². The van der Waals surface area contributed by atoms with Crippen molar-refractivity contribution < 1.29 is 14.4 Å². The molecule has 1 heterocycles. The minimum absolute atomic E-state index is 0.122. The zero-order chi connectivity index (χ0) is 17.5. The number of aryl methyl sites for hydroxylation is 1. The van der Waals surface area contributed by atoms with Crippen LogP contribution in [0.5, 0.6) is 0 Å². The van der Waals surface area contributed by atoms with Gasteiger partial charge in [0.2, 0.25) is 17.7 Å². The van der Waals surface area contributed by atoms with Crippen molar-refractivity contribution in [2.45, 2.75) is 31.3 Å². The Kier molecular flexibility index (Phi) is 6.62. The second-order valence-corrected chi connectivity index (χ2v) is 6.66. The Bertz CT molecular complexity index is 623. The van der Waals surface area contributed by atoms with E-state index >= 15 is 0 Å². The molecule has 1 aliphatic rings. The molecular weight excluding hydrogens is 328 g/mol. The molecule has 24 heavy (non-hydrogen) atoms. The van der Waals surface area contributed by atoms with Gasteiger partial charge in [0, 0.05) is 31.6 Å². The quantitative estimate of drug-likeness (QED) is 0.601. The number of nitrogens with one attached hydrogen (secondary N) is 4. The number of hydrogen-bond acceptors (Lipinski definition) is 5. The molecule has 1 aromatic rings. The van der Waals surface area contributed by atoms with Gasteiger partial charge in [-0.3, -0.25) is 19.7 Å². The van der Waals surface area contributed by atoms with Crippen LogP contribution in [0.15, 0.2) is 24.3 Å². The second-order valence-electron chi connectivity index (χ2n) is 5.57. The summed E-state index contributed by atoms with van der Waals surface area (Å²) < 4.78 is 0. The molecule has 2 unspecified atom stereocenters. The zero-order valence-electron chi connectivity index (χ0n) is 13.7. The smallest absolute Gasteiger partial charge is 0.234 e. The van der Waals surface area contributed by atoms with Crippen LogP contribution in [0.25, 0.3) is 0 Å². The fraction of sp³-hybridized carbons (Fsp3) is 0.438. The lowest BCUT2D eigenvalue weighted by molar-refractivity contribution is -0.125. The van der Waals surface area contributed by atoms with Crippen molar-refractivity contribution in [2.75, 3.05) is 18.1 Å². The van der Waals surface area contributed by atoms with Crippen molar-refractivity contribution >= 4 is 35.2 Å². The molecule has 8 heteroatoms. The summed E-state index contributed by atoms with van der Waals surface area (Å²) >= 11 is 1.29. The highest BCUT2D eigenvalue weighted by Gasteiger charge is 2.27. The first-order valence-electron chi connectivity index (χ1n) is 7.71. The van der Waals surface area contributed by atoms with Crippen molar-refractivity contribution in [1.29, 1.82) is 0 Å². The molecule has 7 nitrogen and oxygen atoms in total. The van der Waals surface area contributed by atoms with E-state index in [1.165, 1.54) is 11.8 Å². The summed E-state index contributed by atoms with van der Waals surface area (Å²) in [5, 5.41) is 11.3. The Morgan fingerprint density at radius 2 is 2.04 bits per heavy atom. The van der Waals surface area contributed by atoms with Crippen LogP contribution in [0, 0.1) is 6.92 Å². The normalized spacial score (nSPS) is 20.2. The number of carbonyl (C=O) groups excluding carboxylic acids is 3. The van der Waals surface area contributed by atoms with Gasteiger partial charge in [-0.15, -0.1) is 11.8 Å². The van der Waals surface area contributed by atoms with Gasteiger partial charge in [-0.2, -0.15) is 0 Å². The fourth-order valence-electron chi connectivity index (χ4n) is 2.35. The van der Waals surface area contributed by atoms with E-state index in [0.29, 0.717) is 0 Å². The minimum atomic E-state index is -0.386. The summed E-state index contributed by atoms with van der Waals surface area (Å²) in [7, 11) is 1.56. The summed E-state index contributed by atoms with van der Waals surface area (Å²) in [6, 6.07) is 7.32. The van der Waals surface area contributed by atoms with Gasteiger partial charge in [-0.05, 0) is 18.6 Å². The van der Waals surface area contributed by atoms with Crippen molar-refractivity contribution in [3.63, 3.8) is 0 Å². The molecule has 1 saturated heterocycles. The fourth-order valence-corrected chi connectivity index (χ4v) is 3.24. The van der Waals surface area contributed by atoms with Crippen molar-refractivity contribution in [3.8, 4) is 0 Å². The van der Waals surface area contributed by atoms with Gasteiger partial charge < -0.3 is 16.0 Å². The van der Waals surface area contributed by atoms with Crippen LogP contribution in [-0.2, 0) is 14.4 Å². The lowest BCUT2D eigenvalue weighted by Crippen LogP contribution is -2.55. The number of para-hydroxylation sites is 1. The van der Waals surface area contributed by atoms with Crippen LogP contribution in [-0.4, -0.2) is 42.1 Å². The van der Waals surface area contributed by atoms with E-state index in [1.54, 1.807) is 7.05 Å². The van der Waals surface area contributed by atoms with E-state index in [-0.39, 0.29) is 47.9 Å². The first-order chi connectivity index (χ1) is 11.5. The molecule has 0 saturated carbocycles. The van der Waals surface area contributed by atoms with Gasteiger partial charge in [-0.25, -0.2) is 0 Å². The van der Waals surface area contributed by atoms with Gasteiger partial charge in [0.05, 0.1) is 5.75 Å². The molecule has 1 aromatic carbocycles. The van der Waals surface area contributed by atoms with E-state index in [4.69, 9.17) is 0 Å². The Morgan fingerprint density at radius 3 is 2.75 bits per heavy atom. The van der Waals surface area contributed by atoms with Crippen LogP contribution < -0.4 is 21.3 Å². The number of anilines is 1. The first kappa shape index (κ1) is 18.3. The highest BCUT2D eigenvalue weighted by molar-refractivity contribution is 8.00. The zero-order valence-corrected chi connectivity index (χ0v) is 14.5. The van der Waals surface area contributed by atoms with Crippen molar-refractivity contribution in [3.05, 3.63) is 29.8 Å². The molecule has 0 aliphatic carbocycles. The number of hydrogen-bond donors (Lipinski definition) is 4. The van der Waals surface area contributed by atoms with Gasteiger partial charge in [0.15, 0.2) is 0 Å². The standard InChI is InChI=1S/C16H22N4O3S/c1-10-5-3-4-6-12(10)19-15(23)9-24-16-18-11(7-13(21)17-2)8-14(22)20-16/h3-6,11,16,18H,7-9H2,1-2H3,(H,17,21)(H,19,23)(H,20,22). The van der Waals surface area contributed by atoms with Crippen LogP contribution in [0.1, 0.15) is 18.4 Å². The van der Waals surface area contributed by atoms with Crippen LogP contribution in [0.4, 0.5) is 5.69 Å². The summed E-state index contributed by atoms with van der Waals surface area (Å²) in [6.07, 6.45) is 0.482. The molecule has 0 aromatic heterocycles. The van der Waals surface area contributed by atoms with Crippen molar-refractivity contribution in [2.24, 2.45) is 0 Å². The maximum Gasteiger partial charge on any atom is 0.234 e. The maximum atomic E-state index is 12.1. The Morgan fingerprint density at radius 1 is 1.29 bits per heavy atom. The van der Waals surface area contributed by atoms with Crippen LogP contribution in [0.2, 0.25) is 0 Å². The molecule has 130 valence electrons. The van der Waals surface area contributed by atoms with Crippen LogP contribution in [0.3, 0.4) is 0 Å². The van der Waals surface area contributed by atoms with Crippen LogP contribution >= 0.6 is 11.8 Å². The monoisotopic (exact) mass is 350 g/mol. The summed E-state index contributed by atoms with van der Waals surface area (Å²) in [5.74, 6) is -0.194. The SMILES string of the molecule is CNC(=O)CC1CC(=O)NC(SCC(=O)Nc2ccccc2C)N1. The molecule has 4 N–H and O–H groups in total. The summed E-state index contributed by atoms with van der Waals surface area (Å²) in [5.41, 5.74) is 1.38. The molecule has 3 amide bonds.